The van der Waals surface area contributed by atoms with Gasteiger partial charge in [0.1, 0.15) is 0 Å². The third-order valence-corrected chi connectivity index (χ3v) is 4.46. The van der Waals surface area contributed by atoms with Gasteiger partial charge in [0, 0.05) is 25.4 Å². The fraction of sp³-hybridized carbons (Fsp3) is 0.500. The van der Waals surface area contributed by atoms with E-state index in [1.54, 1.807) is 29.2 Å². The summed E-state index contributed by atoms with van der Waals surface area (Å²) in [7, 11) is 0. The maximum Gasteiger partial charge on any atom is 0.321 e. The first-order valence-electron chi connectivity index (χ1n) is 7.29. The zero-order chi connectivity index (χ0) is 15.3. The van der Waals surface area contributed by atoms with E-state index in [0.29, 0.717) is 24.3 Å². The Kier molecular flexibility index (Phi) is 4.81. The highest BCUT2D eigenvalue weighted by molar-refractivity contribution is 5.89. The molecule has 5 heteroatoms. The number of benzene rings is 1. The highest BCUT2D eigenvalue weighted by atomic mass is 16.3. The number of nitrogens with zero attached hydrogens (tertiary/aromatic N) is 2. The number of piperidine rings is 1. The van der Waals surface area contributed by atoms with Gasteiger partial charge in [0.25, 0.3) is 0 Å². The molecule has 1 fully saturated rings. The van der Waals surface area contributed by atoms with Crippen LogP contribution in [0.3, 0.4) is 0 Å². The molecule has 0 aliphatic carbocycles. The number of likely N-dealkylation sites (tertiary alicyclic amines) is 1. The minimum atomic E-state index is -0.123. The molecule has 1 aromatic carbocycles. The molecular formula is C16H21N3O2. The Hall–Kier alpha value is -2.06. The van der Waals surface area contributed by atoms with Crippen molar-refractivity contribution in [2.75, 3.05) is 25.0 Å². The lowest BCUT2D eigenvalue weighted by molar-refractivity contribution is 0.0542. The number of rotatable bonds is 3. The Balaban J connectivity index is 1.91. The fourth-order valence-electron chi connectivity index (χ4n) is 2.64. The van der Waals surface area contributed by atoms with E-state index in [2.05, 4.69) is 12.2 Å². The van der Waals surface area contributed by atoms with Gasteiger partial charge < -0.3 is 15.3 Å². The molecule has 1 saturated heterocycles. The number of anilines is 1. The van der Waals surface area contributed by atoms with E-state index >= 15 is 0 Å². The van der Waals surface area contributed by atoms with Crippen molar-refractivity contribution in [3.05, 3.63) is 29.8 Å². The van der Waals surface area contributed by atoms with Crippen LogP contribution in [0, 0.1) is 16.7 Å². The van der Waals surface area contributed by atoms with Crippen molar-refractivity contribution < 1.29 is 9.90 Å². The van der Waals surface area contributed by atoms with Crippen molar-refractivity contribution in [2.24, 2.45) is 5.41 Å². The zero-order valence-electron chi connectivity index (χ0n) is 12.3. The van der Waals surface area contributed by atoms with Crippen LogP contribution in [-0.2, 0) is 0 Å². The molecule has 112 valence electrons. The first kappa shape index (κ1) is 15.3. The number of carbonyl (C=O) groups excluding carboxylic acids is 1. The van der Waals surface area contributed by atoms with Gasteiger partial charge >= 0.3 is 6.03 Å². The van der Waals surface area contributed by atoms with Gasteiger partial charge in [-0.25, -0.2) is 4.79 Å². The summed E-state index contributed by atoms with van der Waals surface area (Å²) in [6.45, 7) is 3.60. The monoisotopic (exact) mass is 287 g/mol. The molecule has 1 aliphatic rings. The van der Waals surface area contributed by atoms with Crippen molar-refractivity contribution in [2.45, 2.75) is 26.2 Å². The molecule has 1 aliphatic heterocycles. The van der Waals surface area contributed by atoms with Gasteiger partial charge in [-0.15, -0.1) is 0 Å². The number of nitriles is 1. The van der Waals surface area contributed by atoms with Crippen molar-refractivity contribution in [3.8, 4) is 6.07 Å². The minimum absolute atomic E-state index is 0.0226. The van der Waals surface area contributed by atoms with E-state index in [4.69, 9.17) is 5.26 Å². The molecule has 2 amide bonds. The Morgan fingerprint density at radius 1 is 1.38 bits per heavy atom. The van der Waals surface area contributed by atoms with Crippen LogP contribution in [-0.4, -0.2) is 35.7 Å². The summed E-state index contributed by atoms with van der Waals surface area (Å²) >= 11 is 0. The molecule has 2 rings (SSSR count). The number of urea groups is 1. The van der Waals surface area contributed by atoms with E-state index in [1.165, 1.54) is 0 Å². The summed E-state index contributed by atoms with van der Waals surface area (Å²) in [6.07, 6.45) is 2.61. The summed E-state index contributed by atoms with van der Waals surface area (Å²) in [6, 6.07) is 8.74. The van der Waals surface area contributed by atoms with Gasteiger partial charge in [0.05, 0.1) is 11.6 Å². The van der Waals surface area contributed by atoms with E-state index in [9.17, 15) is 9.90 Å². The molecule has 2 N–H and O–H groups in total. The third kappa shape index (κ3) is 3.53. The third-order valence-electron chi connectivity index (χ3n) is 4.46. The Bertz CT molecular complexity index is 519. The second kappa shape index (κ2) is 6.59. The first-order chi connectivity index (χ1) is 10.1. The second-order valence-electron chi connectivity index (χ2n) is 5.62. The normalized spacial score (nSPS) is 17.1. The van der Waals surface area contributed by atoms with Crippen molar-refractivity contribution in [3.63, 3.8) is 0 Å². The van der Waals surface area contributed by atoms with Gasteiger partial charge in [0.15, 0.2) is 0 Å². The largest absolute Gasteiger partial charge is 0.396 e. The standard InChI is InChI=1S/C16H21N3O2/c1-2-16(12-20)7-9-19(10-8-16)15(21)18-14-5-3-13(11-17)4-6-14/h3-6,20H,2,7-10,12H2,1H3,(H,18,21). The number of nitrogens with one attached hydrogen (secondary N) is 1. The molecule has 0 atom stereocenters. The SMILES string of the molecule is CCC1(CO)CCN(C(=O)Nc2ccc(C#N)cc2)CC1. The number of aliphatic hydroxyl groups excluding tert-OH is 1. The molecule has 0 aromatic heterocycles. The number of amides is 2. The predicted octanol–water partition coefficient (Wildman–Crippen LogP) is 2.57. The van der Waals surface area contributed by atoms with Crippen LogP contribution < -0.4 is 5.32 Å². The lowest BCUT2D eigenvalue weighted by Gasteiger charge is -2.40. The molecule has 5 nitrogen and oxygen atoms in total. The van der Waals surface area contributed by atoms with Crippen molar-refractivity contribution in [1.29, 1.82) is 5.26 Å². The van der Waals surface area contributed by atoms with Crippen LogP contribution in [0.25, 0.3) is 0 Å². The Labute approximate surface area is 125 Å². The Morgan fingerprint density at radius 2 is 2.00 bits per heavy atom. The van der Waals surface area contributed by atoms with Gasteiger partial charge in [-0.3, -0.25) is 0 Å². The number of aliphatic hydroxyl groups is 1. The molecule has 1 heterocycles. The van der Waals surface area contributed by atoms with Gasteiger partial charge in [0.2, 0.25) is 0 Å². The first-order valence-corrected chi connectivity index (χ1v) is 7.29. The van der Waals surface area contributed by atoms with Crippen LogP contribution in [0.5, 0.6) is 0 Å². The minimum Gasteiger partial charge on any atom is -0.396 e. The van der Waals surface area contributed by atoms with Crippen LogP contribution >= 0.6 is 0 Å². The van der Waals surface area contributed by atoms with Gasteiger partial charge in [-0.2, -0.15) is 5.26 Å². The van der Waals surface area contributed by atoms with Gasteiger partial charge in [-0.05, 0) is 48.9 Å². The number of hydrogen-bond acceptors (Lipinski definition) is 3. The molecule has 1 aromatic rings. The van der Waals surface area contributed by atoms with E-state index in [1.807, 2.05) is 6.07 Å². The van der Waals surface area contributed by atoms with E-state index < -0.39 is 0 Å². The Morgan fingerprint density at radius 3 is 2.48 bits per heavy atom. The lowest BCUT2D eigenvalue weighted by Crippen LogP contribution is -2.46. The average Bonchev–Trinajstić information content (AvgIpc) is 2.55. The number of carbonyl (C=O) groups is 1. The molecule has 0 saturated carbocycles. The van der Waals surface area contributed by atoms with Crippen molar-refractivity contribution in [1.82, 2.24) is 4.90 Å². The molecule has 21 heavy (non-hydrogen) atoms. The molecule has 0 radical (unpaired) electrons. The molecular weight excluding hydrogens is 266 g/mol. The maximum atomic E-state index is 12.2. The van der Waals surface area contributed by atoms with E-state index in [-0.39, 0.29) is 18.1 Å². The summed E-state index contributed by atoms with van der Waals surface area (Å²) in [5, 5.41) is 21.1. The summed E-state index contributed by atoms with van der Waals surface area (Å²) in [5.41, 5.74) is 1.24. The summed E-state index contributed by atoms with van der Waals surface area (Å²) in [5.74, 6) is 0. The van der Waals surface area contributed by atoms with E-state index in [0.717, 1.165) is 19.3 Å². The van der Waals surface area contributed by atoms with Crippen LogP contribution in [0.15, 0.2) is 24.3 Å². The lowest BCUT2D eigenvalue weighted by atomic mass is 9.77. The van der Waals surface area contributed by atoms with Gasteiger partial charge in [-0.1, -0.05) is 6.92 Å². The summed E-state index contributed by atoms with van der Waals surface area (Å²) in [4.78, 5) is 14.0. The number of hydrogen-bond donors (Lipinski definition) is 2. The molecule has 0 bridgehead atoms. The quantitative estimate of drug-likeness (QED) is 0.897. The highest BCUT2D eigenvalue weighted by Gasteiger charge is 2.33. The molecule has 0 spiro atoms. The van der Waals surface area contributed by atoms with Crippen molar-refractivity contribution >= 4 is 11.7 Å². The van der Waals surface area contributed by atoms with Crippen LogP contribution in [0.1, 0.15) is 31.7 Å². The van der Waals surface area contributed by atoms with Crippen LogP contribution in [0.4, 0.5) is 10.5 Å². The highest BCUT2D eigenvalue weighted by Crippen LogP contribution is 2.34. The van der Waals surface area contributed by atoms with Crippen LogP contribution in [0.2, 0.25) is 0 Å². The summed E-state index contributed by atoms with van der Waals surface area (Å²) < 4.78 is 0. The fourth-order valence-corrected chi connectivity index (χ4v) is 2.64. The second-order valence-corrected chi connectivity index (χ2v) is 5.62. The molecule has 0 unspecified atom stereocenters. The maximum absolute atomic E-state index is 12.2. The average molecular weight is 287 g/mol. The topological polar surface area (TPSA) is 76.4 Å². The smallest absolute Gasteiger partial charge is 0.321 e. The zero-order valence-corrected chi connectivity index (χ0v) is 12.3. The predicted molar refractivity (Wildman–Crippen MR) is 80.8 cm³/mol.